The van der Waals surface area contributed by atoms with Crippen molar-refractivity contribution in [2.45, 2.75) is 26.0 Å². The summed E-state index contributed by atoms with van der Waals surface area (Å²) in [7, 11) is 2.12. The number of ketones is 1. The van der Waals surface area contributed by atoms with Gasteiger partial charge < -0.3 is 19.6 Å². The first-order valence-corrected chi connectivity index (χ1v) is 13.4. The van der Waals surface area contributed by atoms with Gasteiger partial charge in [0.25, 0.3) is 11.7 Å². The van der Waals surface area contributed by atoms with Gasteiger partial charge in [0.2, 0.25) is 0 Å². The van der Waals surface area contributed by atoms with E-state index in [1.807, 2.05) is 55.6 Å². The Morgan fingerprint density at radius 2 is 1.59 bits per heavy atom. The summed E-state index contributed by atoms with van der Waals surface area (Å²) in [5.41, 5.74) is 2.26. The third-order valence-electron chi connectivity index (χ3n) is 6.75. The standard InChI is InChI=1S/C29H31N3O4S/c1-19(2)36-23-12-6-20(7-13-23)27(33)25-26(24-5-4-18-37-24)32(29(35)28(25)34)22-10-8-21(9-11-22)31-16-14-30(3)15-17-31/h4-13,18-19,26,33H,14-17H2,1-3H3/b27-25-. The Bertz CT molecular complexity index is 1290. The number of hydrogen-bond donors (Lipinski definition) is 1. The summed E-state index contributed by atoms with van der Waals surface area (Å²) in [6.07, 6.45) is 0.0197. The van der Waals surface area contributed by atoms with Crippen molar-refractivity contribution < 1.29 is 19.4 Å². The highest BCUT2D eigenvalue weighted by atomic mass is 32.1. The van der Waals surface area contributed by atoms with Gasteiger partial charge >= 0.3 is 0 Å². The van der Waals surface area contributed by atoms with Crippen LogP contribution in [0.1, 0.15) is 30.3 Å². The summed E-state index contributed by atoms with van der Waals surface area (Å²) in [6, 6.07) is 17.8. The van der Waals surface area contributed by atoms with E-state index in [0.29, 0.717) is 17.0 Å². The Labute approximate surface area is 221 Å². The van der Waals surface area contributed by atoms with Crippen LogP contribution in [0.25, 0.3) is 5.76 Å². The summed E-state index contributed by atoms with van der Waals surface area (Å²) in [5.74, 6) is -0.861. The molecule has 0 bridgehead atoms. The van der Waals surface area contributed by atoms with Crippen LogP contribution in [-0.4, -0.2) is 61.0 Å². The number of Topliss-reactive ketones (excluding diaryl/α,β-unsaturated/α-hetero) is 1. The van der Waals surface area contributed by atoms with Crippen LogP contribution in [0.3, 0.4) is 0 Å². The number of amides is 1. The average molecular weight is 518 g/mol. The molecule has 2 aliphatic rings. The fraction of sp³-hybridized carbons (Fsp3) is 0.310. The summed E-state index contributed by atoms with van der Waals surface area (Å²) in [6.45, 7) is 7.76. The molecule has 1 amide bonds. The number of anilines is 2. The molecule has 7 nitrogen and oxygen atoms in total. The second-order valence-corrected chi connectivity index (χ2v) is 10.7. The molecule has 2 fully saturated rings. The van der Waals surface area contributed by atoms with Gasteiger partial charge in [-0.1, -0.05) is 6.07 Å². The number of nitrogens with zero attached hydrogens (tertiary/aromatic N) is 3. The van der Waals surface area contributed by atoms with Crippen molar-refractivity contribution in [2.75, 3.05) is 43.0 Å². The highest BCUT2D eigenvalue weighted by molar-refractivity contribution is 7.10. The van der Waals surface area contributed by atoms with Crippen molar-refractivity contribution in [3.8, 4) is 5.75 Å². The van der Waals surface area contributed by atoms with Crippen LogP contribution < -0.4 is 14.5 Å². The van der Waals surface area contributed by atoms with Gasteiger partial charge in [0, 0.05) is 48.0 Å². The number of aliphatic hydroxyl groups excluding tert-OH is 1. The molecule has 192 valence electrons. The van der Waals surface area contributed by atoms with E-state index in [-0.39, 0.29) is 17.4 Å². The predicted molar refractivity (Wildman–Crippen MR) is 147 cm³/mol. The fourth-order valence-electron chi connectivity index (χ4n) is 4.82. The van der Waals surface area contributed by atoms with Gasteiger partial charge in [0.15, 0.2) is 0 Å². The number of carbonyl (C=O) groups is 2. The second kappa shape index (κ2) is 10.4. The van der Waals surface area contributed by atoms with E-state index in [0.717, 1.165) is 36.7 Å². The number of thiophene rings is 1. The molecule has 1 aromatic heterocycles. The monoisotopic (exact) mass is 517 g/mol. The Kier molecular flexibility index (Phi) is 7.04. The Morgan fingerprint density at radius 3 is 2.19 bits per heavy atom. The van der Waals surface area contributed by atoms with Crippen LogP contribution in [0.2, 0.25) is 0 Å². The van der Waals surface area contributed by atoms with Crippen molar-refractivity contribution in [1.82, 2.24) is 4.90 Å². The molecule has 1 atom stereocenters. The number of benzene rings is 2. The fourth-order valence-corrected chi connectivity index (χ4v) is 5.65. The van der Waals surface area contributed by atoms with Crippen molar-refractivity contribution in [3.05, 3.63) is 82.1 Å². The SMILES string of the molecule is CC(C)Oc1ccc(/C(O)=C2/C(=O)C(=O)N(c3ccc(N4CCN(C)CC4)cc3)C2c2cccs2)cc1. The Balaban J connectivity index is 1.50. The molecule has 3 heterocycles. The maximum absolute atomic E-state index is 13.4. The van der Waals surface area contributed by atoms with Crippen LogP contribution in [-0.2, 0) is 9.59 Å². The molecule has 37 heavy (non-hydrogen) atoms. The van der Waals surface area contributed by atoms with Gasteiger partial charge in [-0.25, -0.2) is 0 Å². The lowest BCUT2D eigenvalue weighted by Gasteiger charge is -2.34. The van der Waals surface area contributed by atoms with E-state index in [9.17, 15) is 14.7 Å². The molecule has 0 saturated carbocycles. The molecule has 0 spiro atoms. The summed E-state index contributed by atoms with van der Waals surface area (Å²) < 4.78 is 5.70. The average Bonchev–Trinajstić information content (AvgIpc) is 3.51. The highest BCUT2D eigenvalue weighted by Crippen LogP contribution is 2.44. The maximum atomic E-state index is 13.4. The second-order valence-electron chi connectivity index (χ2n) is 9.68. The van der Waals surface area contributed by atoms with Crippen molar-refractivity contribution in [1.29, 1.82) is 0 Å². The molecule has 8 heteroatoms. The minimum absolute atomic E-state index is 0.0197. The van der Waals surface area contributed by atoms with Crippen LogP contribution in [0.15, 0.2) is 71.6 Å². The minimum atomic E-state index is -0.707. The van der Waals surface area contributed by atoms with Gasteiger partial charge in [0.05, 0.1) is 11.7 Å². The minimum Gasteiger partial charge on any atom is -0.507 e. The van der Waals surface area contributed by atoms with Gasteiger partial charge in [-0.05, 0) is 80.9 Å². The third kappa shape index (κ3) is 4.99. The smallest absolute Gasteiger partial charge is 0.300 e. The summed E-state index contributed by atoms with van der Waals surface area (Å²) in [5, 5.41) is 13.2. The first-order valence-electron chi connectivity index (χ1n) is 12.5. The molecule has 3 aromatic rings. The molecule has 2 saturated heterocycles. The quantitative estimate of drug-likeness (QED) is 0.285. The molecule has 2 aliphatic heterocycles. The molecule has 1 unspecified atom stereocenters. The first-order chi connectivity index (χ1) is 17.8. The lowest BCUT2D eigenvalue weighted by atomic mass is 9.99. The zero-order chi connectivity index (χ0) is 26.1. The topological polar surface area (TPSA) is 73.3 Å². The van der Waals surface area contributed by atoms with Crippen LogP contribution in [0, 0.1) is 0 Å². The van der Waals surface area contributed by atoms with E-state index in [1.165, 1.54) is 16.2 Å². The normalized spacial score (nSPS) is 20.2. The molecule has 0 radical (unpaired) electrons. The molecular formula is C29H31N3O4S. The van der Waals surface area contributed by atoms with Gasteiger partial charge in [-0.3, -0.25) is 14.5 Å². The molecule has 0 aliphatic carbocycles. The van der Waals surface area contributed by atoms with E-state index < -0.39 is 17.7 Å². The van der Waals surface area contributed by atoms with E-state index in [4.69, 9.17) is 4.74 Å². The van der Waals surface area contributed by atoms with Gasteiger partial charge in [-0.15, -0.1) is 11.3 Å². The Morgan fingerprint density at radius 1 is 0.946 bits per heavy atom. The summed E-state index contributed by atoms with van der Waals surface area (Å²) in [4.78, 5) is 33.6. The summed E-state index contributed by atoms with van der Waals surface area (Å²) >= 11 is 1.45. The van der Waals surface area contributed by atoms with Crippen molar-refractivity contribution in [3.63, 3.8) is 0 Å². The number of hydrogen-bond acceptors (Lipinski definition) is 7. The number of piperazine rings is 1. The third-order valence-corrected chi connectivity index (χ3v) is 7.68. The molecule has 1 N–H and O–H groups in total. The molecular weight excluding hydrogens is 486 g/mol. The zero-order valence-corrected chi connectivity index (χ0v) is 22.1. The van der Waals surface area contributed by atoms with Gasteiger partial charge in [-0.2, -0.15) is 0 Å². The van der Waals surface area contributed by atoms with Crippen LogP contribution >= 0.6 is 11.3 Å². The largest absolute Gasteiger partial charge is 0.507 e. The van der Waals surface area contributed by atoms with E-state index in [1.54, 1.807) is 24.3 Å². The lowest BCUT2D eigenvalue weighted by Crippen LogP contribution is -2.44. The number of likely N-dealkylation sites (N-methyl/N-ethyl adjacent to an activating group) is 1. The highest BCUT2D eigenvalue weighted by Gasteiger charge is 2.47. The predicted octanol–water partition coefficient (Wildman–Crippen LogP) is 4.91. The lowest BCUT2D eigenvalue weighted by molar-refractivity contribution is -0.132. The molecule has 2 aromatic carbocycles. The van der Waals surface area contributed by atoms with Gasteiger partial charge in [0.1, 0.15) is 17.6 Å². The number of carbonyl (C=O) groups excluding carboxylic acids is 2. The molecule has 5 rings (SSSR count). The first kappa shape index (κ1) is 25.0. The van der Waals surface area contributed by atoms with Crippen molar-refractivity contribution >= 4 is 40.2 Å². The maximum Gasteiger partial charge on any atom is 0.300 e. The van der Waals surface area contributed by atoms with E-state index >= 15 is 0 Å². The van der Waals surface area contributed by atoms with Crippen LogP contribution in [0.4, 0.5) is 11.4 Å². The zero-order valence-electron chi connectivity index (χ0n) is 21.3. The number of aliphatic hydroxyl groups is 1. The van der Waals surface area contributed by atoms with E-state index in [2.05, 4.69) is 16.8 Å². The van der Waals surface area contributed by atoms with Crippen LogP contribution in [0.5, 0.6) is 5.75 Å². The number of ether oxygens (including phenoxy) is 1. The number of rotatable bonds is 6. The van der Waals surface area contributed by atoms with Crippen molar-refractivity contribution in [2.24, 2.45) is 0 Å². The Hall–Kier alpha value is -3.62.